The van der Waals surface area contributed by atoms with Crippen molar-refractivity contribution in [3.63, 3.8) is 0 Å². The number of hydrogen-bond donors (Lipinski definition) is 1. The lowest BCUT2D eigenvalue weighted by atomic mass is 10.0. The largest absolute Gasteiger partial charge is 0.318 e. The van der Waals surface area contributed by atoms with Gasteiger partial charge < -0.3 is 4.90 Å². The van der Waals surface area contributed by atoms with Crippen LogP contribution in [0, 0.1) is 0 Å². The van der Waals surface area contributed by atoms with E-state index in [9.17, 15) is 14.4 Å². The summed E-state index contributed by atoms with van der Waals surface area (Å²) in [5, 5.41) is 2.72. The molecule has 1 N–H and O–H groups in total. The molecule has 2 aromatic carbocycles. The maximum Gasteiger partial charge on any atom is 0.289 e. The first kappa shape index (κ1) is 18.8. The average molecular weight is 406 g/mol. The second kappa shape index (κ2) is 7.84. The molecule has 1 aromatic heterocycles. The fourth-order valence-corrected chi connectivity index (χ4v) is 3.88. The van der Waals surface area contributed by atoms with E-state index in [1.165, 1.54) is 23.3 Å². The number of benzene rings is 2. The summed E-state index contributed by atoms with van der Waals surface area (Å²) in [7, 11) is 1.47. The molecule has 0 saturated heterocycles. The first-order chi connectivity index (χ1) is 14.1. The summed E-state index contributed by atoms with van der Waals surface area (Å²) in [5.74, 6) is -1.10. The number of likely N-dealkylation sites (N-methyl/N-ethyl adjacent to an activating group) is 1. The van der Waals surface area contributed by atoms with Crippen LogP contribution in [0.1, 0.15) is 38.0 Å². The fourth-order valence-electron chi connectivity index (χ4n) is 3.35. The van der Waals surface area contributed by atoms with Crippen LogP contribution in [0.4, 0.5) is 0 Å². The Hall–Kier alpha value is -3.52. The van der Waals surface area contributed by atoms with Gasteiger partial charge in [0.2, 0.25) is 0 Å². The van der Waals surface area contributed by atoms with Crippen molar-refractivity contribution >= 4 is 29.1 Å². The maximum absolute atomic E-state index is 13.3. The van der Waals surface area contributed by atoms with Crippen LogP contribution in [0.15, 0.2) is 65.5 Å². The zero-order valence-corrected chi connectivity index (χ0v) is 16.4. The first-order valence-electron chi connectivity index (χ1n) is 8.97. The lowest BCUT2D eigenvalue weighted by Crippen LogP contribution is -2.49. The Labute approximate surface area is 171 Å². The molecule has 0 unspecified atom stereocenters. The van der Waals surface area contributed by atoms with Crippen molar-refractivity contribution in [3.05, 3.63) is 87.9 Å². The first-order valence-corrected chi connectivity index (χ1v) is 9.91. The van der Waals surface area contributed by atoms with Gasteiger partial charge in [-0.15, -0.1) is 11.3 Å². The van der Waals surface area contributed by atoms with E-state index in [1.807, 2.05) is 30.3 Å². The number of amides is 3. The van der Waals surface area contributed by atoms with Gasteiger partial charge in [-0.3, -0.25) is 24.8 Å². The van der Waals surface area contributed by atoms with Crippen molar-refractivity contribution in [1.29, 1.82) is 0 Å². The summed E-state index contributed by atoms with van der Waals surface area (Å²) >= 11 is 1.29. The second-order valence-corrected chi connectivity index (χ2v) is 7.33. The second-order valence-electron chi connectivity index (χ2n) is 6.62. The summed E-state index contributed by atoms with van der Waals surface area (Å²) in [6.07, 6.45) is 0. The molecule has 7 nitrogen and oxygen atoms in total. The highest BCUT2D eigenvalue weighted by Gasteiger charge is 2.38. The van der Waals surface area contributed by atoms with Gasteiger partial charge in [-0.2, -0.15) is 0 Å². The van der Waals surface area contributed by atoms with Crippen LogP contribution in [-0.4, -0.2) is 39.7 Å². The Morgan fingerprint density at radius 1 is 1.14 bits per heavy atom. The molecule has 1 aliphatic rings. The topological polar surface area (TPSA) is 82.6 Å². The van der Waals surface area contributed by atoms with Crippen molar-refractivity contribution in [1.82, 2.24) is 20.3 Å². The zero-order chi connectivity index (χ0) is 20.4. The Morgan fingerprint density at radius 2 is 1.86 bits per heavy atom. The summed E-state index contributed by atoms with van der Waals surface area (Å²) in [4.78, 5) is 44.1. The van der Waals surface area contributed by atoms with E-state index in [4.69, 9.17) is 0 Å². The lowest BCUT2D eigenvalue weighted by molar-refractivity contribution is -0.137. The lowest BCUT2D eigenvalue weighted by Gasteiger charge is -2.30. The molecule has 1 aliphatic heterocycles. The van der Waals surface area contributed by atoms with Gasteiger partial charge in [0.1, 0.15) is 11.7 Å². The van der Waals surface area contributed by atoms with E-state index >= 15 is 0 Å². The number of fused-ring (bicyclic) bond motifs is 1. The van der Waals surface area contributed by atoms with Crippen molar-refractivity contribution in [3.8, 4) is 0 Å². The van der Waals surface area contributed by atoms with Crippen LogP contribution < -0.4 is 5.43 Å². The predicted molar refractivity (Wildman–Crippen MR) is 108 cm³/mol. The SMILES string of the molecule is CN(NC(=O)c1cscn1)C(=O)[C@@H](c1ccccc1)N1Cc2ccccc2C1=O. The number of hydrazine groups is 1. The van der Waals surface area contributed by atoms with Crippen molar-refractivity contribution in [2.24, 2.45) is 0 Å². The smallest absolute Gasteiger partial charge is 0.289 e. The van der Waals surface area contributed by atoms with E-state index in [0.717, 1.165) is 10.6 Å². The summed E-state index contributed by atoms with van der Waals surface area (Å²) in [5.41, 5.74) is 6.46. The molecule has 1 atom stereocenters. The number of carbonyl (C=O) groups is 3. The molecular weight excluding hydrogens is 388 g/mol. The Balaban J connectivity index is 1.62. The normalized spacial score (nSPS) is 13.7. The molecule has 3 amide bonds. The Bertz CT molecular complexity index is 1050. The molecule has 0 saturated carbocycles. The van der Waals surface area contributed by atoms with Crippen LogP contribution in [-0.2, 0) is 11.3 Å². The van der Waals surface area contributed by atoms with E-state index < -0.39 is 17.9 Å². The Morgan fingerprint density at radius 3 is 2.55 bits per heavy atom. The third-order valence-corrected chi connectivity index (χ3v) is 5.36. The highest BCUT2D eigenvalue weighted by atomic mass is 32.1. The summed E-state index contributed by atoms with van der Waals surface area (Å²) in [6.45, 7) is 0.328. The van der Waals surface area contributed by atoms with E-state index in [1.54, 1.807) is 35.2 Å². The monoisotopic (exact) mass is 406 g/mol. The van der Waals surface area contributed by atoms with Gasteiger partial charge in [0.15, 0.2) is 0 Å². The molecule has 146 valence electrons. The van der Waals surface area contributed by atoms with Gasteiger partial charge in [0, 0.05) is 24.5 Å². The van der Waals surface area contributed by atoms with Gasteiger partial charge in [-0.05, 0) is 17.2 Å². The highest BCUT2D eigenvalue weighted by Crippen LogP contribution is 2.32. The molecule has 29 heavy (non-hydrogen) atoms. The number of hydrogen-bond acceptors (Lipinski definition) is 5. The Kier molecular flexibility index (Phi) is 5.09. The third kappa shape index (κ3) is 3.62. The molecule has 0 radical (unpaired) electrons. The number of nitrogens with zero attached hydrogens (tertiary/aromatic N) is 3. The summed E-state index contributed by atoms with van der Waals surface area (Å²) < 4.78 is 0. The highest BCUT2D eigenvalue weighted by molar-refractivity contribution is 7.07. The molecule has 0 spiro atoms. The standard InChI is InChI=1S/C21H18N4O3S/c1-24(23-19(26)17-12-29-13-22-17)21(28)18(14-7-3-2-4-8-14)25-11-15-9-5-6-10-16(15)20(25)27/h2-10,12-13,18H,11H2,1H3,(H,23,26)/t18-/m1/s1. The number of thiazole rings is 1. The zero-order valence-electron chi connectivity index (χ0n) is 15.6. The van der Waals surface area contributed by atoms with Gasteiger partial charge in [0.25, 0.3) is 17.7 Å². The molecule has 4 rings (SSSR count). The number of aromatic nitrogens is 1. The van der Waals surface area contributed by atoms with E-state index in [-0.39, 0.29) is 11.6 Å². The average Bonchev–Trinajstić information content (AvgIpc) is 3.38. The van der Waals surface area contributed by atoms with E-state index in [2.05, 4.69) is 10.4 Å². The maximum atomic E-state index is 13.3. The van der Waals surface area contributed by atoms with Gasteiger partial charge >= 0.3 is 0 Å². The van der Waals surface area contributed by atoms with Crippen molar-refractivity contribution in [2.75, 3.05) is 7.05 Å². The minimum absolute atomic E-state index is 0.206. The van der Waals surface area contributed by atoms with Crippen LogP contribution in [0.3, 0.4) is 0 Å². The van der Waals surface area contributed by atoms with Crippen LogP contribution in [0.2, 0.25) is 0 Å². The summed E-state index contributed by atoms with van der Waals surface area (Å²) in [6, 6.07) is 15.5. The predicted octanol–water partition coefficient (Wildman–Crippen LogP) is 2.64. The number of nitrogens with one attached hydrogen (secondary N) is 1. The minimum atomic E-state index is -0.864. The molecule has 3 aromatic rings. The third-order valence-electron chi connectivity index (χ3n) is 4.78. The fraction of sp³-hybridized carbons (Fsp3) is 0.143. The van der Waals surface area contributed by atoms with Gasteiger partial charge in [-0.25, -0.2) is 4.98 Å². The van der Waals surface area contributed by atoms with Crippen LogP contribution in [0.5, 0.6) is 0 Å². The van der Waals surface area contributed by atoms with Crippen LogP contribution in [0.25, 0.3) is 0 Å². The molecule has 2 heterocycles. The van der Waals surface area contributed by atoms with Gasteiger partial charge in [-0.1, -0.05) is 48.5 Å². The molecular formula is C21H18N4O3S. The van der Waals surface area contributed by atoms with Crippen molar-refractivity contribution in [2.45, 2.75) is 12.6 Å². The molecule has 8 heteroatoms. The minimum Gasteiger partial charge on any atom is -0.318 e. The molecule has 0 fully saturated rings. The van der Waals surface area contributed by atoms with Gasteiger partial charge in [0.05, 0.1) is 5.51 Å². The molecule has 0 aliphatic carbocycles. The van der Waals surface area contributed by atoms with Crippen molar-refractivity contribution < 1.29 is 14.4 Å². The molecule has 0 bridgehead atoms. The van der Waals surface area contributed by atoms with E-state index in [0.29, 0.717) is 17.7 Å². The van der Waals surface area contributed by atoms with Crippen LogP contribution >= 0.6 is 11.3 Å². The number of rotatable bonds is 4. The number of carbonyl (C=O) groups excluding carboxylic acids is 3. The quantitative estimate of drug-likeness (QED) is 0.676.